The highest BCUT2D eigenvalue weighted by Crippen LogP contribution is 2.39. The Kier molecular flexibility index (Phi) is 6.65. The molecule has 0 radical (unpaired) electrons. The van der Waals surface area contributed by atoms with Crippen LogP contribution >= 0.6 is 23.1 Å². The van der Waals surface area contributed by atoms with Crippen molar-refractivity contribution in [1.29, 1.82) is 0 Å². The Morgan fingerprint density at radius 1 is 1.45 bits per heavy atom. The highest BCUT2D eigenvalue weighted by atomic mass is 32.2. The van der Waals surface area contributed by atoms with Gasteiger partial charge in [0.1, 0.15) is 24.2 Å². The molecule has 2 heterocycles. The zero-order valence-electron chi connectivity index (χ0n) is 15.5. The maximum atomic E-state index is 12.7. The molecule has 3 rings (SSSR count). The molecule has 1 aliphatic carbocycles. The van der Waals surface area contributed by atoms with Gasteiger partial charge >= 0.3 is 10.3 Å². The number of nitrogens with two attached hydrogens (primary N) is 1. The van der Waals surface area contributed by atoms with E-state index in [1.165, 1.54) is 24.3 Å². The van der Waals surface area contributed by atoms with E-state index < -0.39 is 33.5 Å². The van der Waals surface area contributed by atoms with E-state index in [4.69, 9.17) is 5.73 Å². The summed E-state index contributed by atoms with van der Waals surface area (Å²) in [5, 5.41) is 7.06. The van der Waals surface area contributed by atoms with Crippen LogP contribution in [-0.2, 0) is 24.7 Å². The van der Waals surface area contributed by atoms with Gasteiger partial charge in [0.25, 0.3) is 11.8 Å². The number of thioether (sulfide) groups is 1. The van der Waals surface area contributed by atoms with Gasteiger partial charge in [-0.05, 0) is 12.8 Å². The van der Waals surface area contributed by atoms with Crippen molar-refractivity contribution in [2.24, 2.45) is 5.16 Å². The molecular formula is C15H21N5O6S3. The number of nitrogens with zero attached hydrogens (tertiary/aromatic N) is 3. The Labute approximate surface area is 175 Å². The first-order chi connectivity index (χ1) is 13.7. The number of thiazole rings is 1. The van der Waals surface area contributed by atoms with Crippen molar-refractivity contribution in [3.63, 3.8) is 0 Å². The lowest BCUT2D eigenvalue weighted by atomic mass is 10.0. The number of oxime groups is 1. The number of rotatable bonds is 7. The largest absolute Gasteiger partial charge is 0.398 e. The van der Waals surface area contributed by atoms with E-state index in [0.717, 1.165) is 43.4 Å². The molecule has 0 aromatic carbocycles. The Morgan fingerprint density at radius 2 is 2.14 bits per heavy atom. The minimum absolute atomic E-state index is 0.135. The quantitative estimate of drug-likeness (QED) is 0.227. The predicted octanol–water partition coefficient (Wildman–Crippen LogP) is 0.598. The summed E-state index contributed by atoms with van der Waals surface area (Å²) in [6.45, 7) is 0. The van der Waals surface area contributed by atoms with Crippen molar-refractivity contribution >= 4 is 56.1 Å². The Balaban J connectivity index is 1.78. The number of aromatic nitrogens is 1. The number of amides is 2. The summed E-state index contributed by atoms with van der Waals surface area (Å²) in [6.07, 6.45) is 4.89. The molecule has 29 heavy (non-hydrogen) atoms. The molecule has 0 spiro atoms. The summed E-state index contributed by atoms with van der Waals surface area (Å²) >= 11 is 2.37. The third-order valence-corrected chi connectivity index (χ3v) is 7.91. The number of carbonyl (C=O) groups excluding carboxylic acids is 2. The number of hydrogen-bond donors (Lipinski definition) is 3. The topological polar surface area (TPSA) is 164 Å². The van der Waals surface area contributed by atoms with Crippen LogP contribution in [0.5, 0.6) is 0 Å². The summed E-state index contributed by atoms with van der Waals surface area (Å²) in [4.78, 5) is 33.7. The van der Waals surface area contributed by atoms with Gasteiger partial charge in [-0.3, -0.25) is 14.1 Å². The van der Waals surface area contributed by atoms with Crippen molar-refractivity contribution in [2.45, 2.75) is 48.8 Å². The highest BCUT2D eigenvalue weighted by Gasteiger charge is 2.55. The number of hydrogen-bond acceptors (Lipinski definition) is 10. The first-order valence-corrected chi connectivity index (χ1v) is 12.0. The van der Waals surface area contributed by atoms with Crippen molar-refractivity contribution < 1.29 is 27.4 Å². The monoisotopic (exact) mass is 463 g/mol. The molecule has 14 heteroatoms. The van der Waals surface area contributed by atoms with Gasteiger partial charge in [0.2, 0.25) is 0 Å². The van der Waals surface area contributed by atoms with Crippen LogP contribution in [0, 0.1) is 0 Å². The first-order valence-electron chi connectivity index (χ1n) is 8.82. The summed E-state index contributed by atoms with van der Waals surface area (Å²) in [5.74, 6) is -1.68. The van der Waals surface area contributed by atoms with Crippen molar-refractivity contribution in [2.75, 3.05) is 12.8 Å². The number of carbonyl (C=O) groups is 2. The Bertz CT molecular complexity index is 911. The molecule has 1 aromatic heterocycles. The molecule has 2 aliphatic rings. The molecule has 2 atom stereocenters. The maximum Gasteiger partial charge on any atom is 0.363 e. The molecule has 0 bridgehead atoms. The van der Waals surface area contributed by atoms with Crippen LogP contribution in [0.3, 0.4) is 0 Å². The molecule has 1 saturated carbocycles. The second-order valence-corrected chi connectivity index (χ2v) is 10.1. The van der Waals surface area contributed by atoms with Gasteiger partial charge in [0.05, 0.1) is 0 Å². The molecule has 11 nitrogen and oxygen atoms in total. The standard InChI is InChI=1S/C15H21N5O6S3/c1-26-19-10(9-7-27-15(16)17-9)12(21)18-11-13(22)20(29(23,24)25)14(11)28-8-5-3-2-4-6-8/h7-8,11,14H,2-6H2,1H3,(H2,16,17)(H,18,21)(H,23,24,25)/b19-10+/t11-,14-/m1/s1. The first kappa shape index (κ1) is 21.8. The lowest BCUT2D eigenvalue weighted by molar-refractivity contribution is -0.141. The molecule has 0 unspecified atom stereocenters. The van der Waals surface area contributed by atoms with Gasteiger partial charge in [0, 0.05) is 10.6 Å². The van der Waals surface area contributed by atoms with E-state index in [1.54, 1.807) is 0 Å². The van der Waals surface area contributed by atoms with E-state index in [0.29, 0.717) is 4.31 Å². The van der Waals surface area contributed by atoms with Gasteiger partial charge in [-0.25, -0.2) is 4.98 Å². The minimum atomic E-state index is -4.73. The van der Waals surface area contributed by atoms with Gasteiger partial charge in [0.15, 0.2) is 10.8 Å². The third kappa shape index (κ3) is 4.82. The van der Waals surface area contributed by atoms with Gasteiger partial charge in [-0.15, -0.1) is 23.1 Å². The van der Waals surface area contributed by atoms with Crippen molar-refractivity contribution in [3.05, 3.63) is 11.1 Å². The van der Waals surface area contributed by atoms with E-state index in [2.05, 4.69) is 20.3 Å². The van der Waals surface area contributed by atoms with E-state index in [9.17, 15) is 22.6 Å². The SMILES string of the molecule is CO/N=C(/C(=O)N[C@@H]1C(=O)N(S(=O)(=O)O)[C@@H]1SC1CCCCC1)c1csc(N)n1. The molecular weight excluding hydrogens is 442 g/mol. The fourth-order valence-electron chi connectivity index (χ4n) is 3.25. The van der Waals surface area contributed by atoms with Crippen molar-refractivity contribution in [3.8, 4) is 0 Å². The van der Waals surface area contributed by atoms with E-state index >= 15 is 0 Å². The summed E-state index contributed by atoms with van der Waals surface area (Å²) < 4.78 is 33.1. The van der Waals surface area contributed by atoms with Crippen LogP contribution in [0.2, 0.25) is 0 Å². The molecule has 1 aliphatic heterocycles. The Hall–Kier alpha value is -1.90. The van der Waals surface area contributed by atoms with Crippen LogP contribution in [0.25, 0.3) is 0 Å². The lowest BCUT2D eigenvalue weighted by Crippen LogP contribution is -2.71. The van der Waals surface area contributed by atoms with Gasteiger partial charge in [-0.2, -0.15) is 12.7 Å². The lowest BCUT2D eigenvalue weighted by Gasteiger charge is -2.45. The molecule has 2 fully saturated rings. The smallest absolute Gasteiger partial charge is 0.363 e. The van der Waals surface area contributed by atoms with E-state index in [-0.39, 0.29) is 21.8 Å². The van der Waals surface area contributed by atoms with Gasteiger partial charge < -0.3 is 15.9 Å². The summed E-state index contributed by atoms with van der Waals surface area (Å²) in [5.41, 5.74) is 5.56. The fraction of sp³-hybridized carbons (Fsp3) is 0.600. The number of nitrogens with one attached hydrogen (secondary N) is 1. The fourth-order valence-corrected chi connectivity index (χ4v) is 6.55. The molecule has 1 saturated heterocycles. The number of nitrogen functional groups attached to an aromatic ring is 1. The summed E-state index contributed by atoms with van der Waals surface area (Å²) in [6, 6.07) is -1.13. The average Bonchev–Trinajstić information content (AvgIpc) is 3.09. The normalized spacial score (nSPS) is 23.6. The summed E-state index contributed by atoms with van der Waals surface area (Å²) in [7, 11) is -3.48. The molecule has 1 aromatic rings. The van der Waals surface area contributed by atoms with Crippen LogP contribution < -0.4 is 11.1 Å². The number of anilines is 1. The van der Waals surface area contributed by atoms with Gasteiger partial charge in [-0.1, -0.05) is 24.4 Å². The van der Waals surface area contributed by atoms with Crippen molar-refractivity contribution in [1.82, 2.24) is 14.6 Å². The third-order valence-electron chi connectivity index (χ3n) is 4.58. The predicted molar refractivity (Wildman–Crippen MR) is 109 cm³/mol. The second kappa shape index (κ2) is 8.85. The minimum Gasteiger partial charge on any atom is -0.398 e. The molecule has 4 N–H and O–H groups in total. The molecule has 160 valence electrons. The average molecular weight is 464 g/mol. The van der Waals surface area contributed by atoms with Crippen LogP contribution in [-0.4, -0.2) is 63.6 Å². The number of β-lactam (4-membered cyclic amide) rings is 1. The van der Waals surface area contributed by atoms with Crippen LogP contribution in [0.4, 0.5) is 5.13 Å². The molecule has 2 amide bonds. The second-order valence-electron chi connectivity index (χ2n) is 6.54. The van der Waals surface area contributed by atoms with Crippen LogP contribution in [0.1, 0.15) is 37.8 Å². The Morgan fingerprint density at radius 3 is 2.69 bits per heavy atom. The zero-order chi connectivity index (χ0) is 21.2. The zero-order valence-corrected chi connectivity index (χ0v) is 17.9. The van der Waals surface area contributed by atoms with Crippen LogP contribution in [0.15, 0.2) is 10.5 Å². The maximum absolute atomic E-state index is 12.7. The highest BCUT2D eigenvalue weighted by molar-refractivity contribution is 8.01. The van der Waals surface area contributed by atoms with E-state index in [1.807, 2.05) is 0 Å².